The molecule has 3 rings (SSSR count). The standard InChI is InChI=1S/C19H20N4O3/c1-13(24)22-15-5-7-16(8-6-15)23-18(25)12-17(19(23)26)21-11-9-14-4-2-3-10-20-14/h2-8,10,17,21H,9,11-12H2,1H3,(H,22,24)/t17-/m0/s1. The largest absolute Gasteiger partial charge is 0.326 e. The maximum Gasteiger partial charge on any atom is 0.251 e. The van der Waals surface area contributed by atoms with Crippen LogP contribution in [0.4, 0.5) is 11.4 Å². The lowest BCUT2D eigenvalue weighted by Crippen LogP contribution is -2.39. The van der Waals surface area contributed by atoms with Gasteiger partial charge in [-0.05, 0) is 36.4 Å². The van der Waals surface area contributed by atoms with Crippen molar-refractivity contribution in [1.82, 2.24) is 10.3 Å². The van der Waals surface area contributed by atoms with Crippen molar-refractivity contribution in [1.29, 1.82) is 0 Å². The van der Waals surface area contributed by atoms with Crippen LogP contribution in [0.2, 0.25) is 0 Å². The van der Waals surface area contributed by atoms with Gasteiger partial charge < -0.3 is 10.6 Å². The Kier molecular flexibility index (Phi) is 5.38. The third kappa shape index (κ3) is 4.12. The summed E-state index contributed by atoms with van der Waals surface area (Å²) in [6.45, 7) is 1.98. The number of aromatic nitrogens is 1. The summed E-state index contributed by atoms with van der Waals surface area (Å²) >= 11 is 0. The van der Waals surface area contributed by atoms with Crippen molar-refractivity contribution < 1.29 is 14.4 Å². The lowest BCUT2D eigenvalue weighted by Gasteiger charge is -2.16. The van der Waals surface area contributed by atoms with Gasteiger partial charge in [-0.3, -0.25) is 19.4 Å². The zero-order valence-corrected chi connectivity index (χ0v) is 14.4. The summed E-state index contributed by atoms with van der Waals surface area (Å²) in [5, 5.41) is 5.79. The molecule has 1 atom stereocenters. The monoisotopic (exact) mass is 352 g/mol. The first-order chi connectivity index (χ1) is 12.5. The molecule has 0 aliphatic carbocycles. The van der Waals surface area contributed by atoms with Crippen LogP contribution in [0.1, 0.15) is 19.0 Å². The van der Waals surface area contributed by atoms with Crippen LogP contribution in [0, 0.1) is 0 Å². The number of imide groups is 1. The maximum absolute atomic E-state index is 12.6. The van der Waals surface area contributed by atoms with E-state index in [9.17, 15) is 14.4 Å². The lowest BCUT2D eigenvalue weighted by molar-refractivity contribution is -0.121. The van der Waals surface area contributed by atoms with Gasteiger partial charge in [0.25, 0.3) is 5.91 Å². The van der Waals surface area contributed by atoms with Crippen LogP contribution in [0.5, 0.6) is 0 Å². The SMILES string of the molecule is CC(=O)Nc1ccc(N2C(=O)C[C@H](NCCc3ccccn3)C2=O)cc1. The fourth-order valence-electron chi connectivity index (χ4n) is 2.88. The van der Waals surface area contributed by atoms with E-state index in [0.29, 0.717) is 24.3 Å². The second-order valence-corrected chi connectivity index (χ2v) is 6.08. The second-order valence-electron chi connectivity index (χ2n) is 6.08. The molecule has 1 saturated heterocycles. The molecule has 0 unspecified atom stereocenters. The summed E-state index contributed by atoms with van der Waals surface area (Å²) in [7, 11) is 0. The van der Waals surface area contributed by atoms with E-state index in [1.165, 1.54) is 11.8 Å². The molecule has 7 nitrogen and oxygen atoms in total. The third-order valence-corrected chi connectivity index (χ3v) is 4.09. The first kappa shape index (κ1) is 17.8. The number of amides is 3. The third-order valence-electron chi connectivity index (χ3n) is 4.09. The zero-order valence-electron chi connectivity index (χ0n) is 14.4. The Balaban J connectivity index is 1.60. The molecule has 1 aromatic carbocycles. The predicted molar refractivity (Wildman–Crippen MR) is 97.6 cm³/mol. The molecule has 7 heteroatoms. The molecule has 1 aliphatic heterocycles. The lowest BCUT2D eigenvalue weighted by atomic mass is 10.2. The van der Waals surface area contributed by atoms with Crippen molar-refractivity contribution in [2.75, 3.05) is 16.8 Å². The molecule has 1 aliphatic rings. The van der Waals surface area contributed by atoms with Gasteiger partial charge in [0.05, 0.1) is 18.2 Å². The molecule has 1 fully saturated rings. The summed E-state index contributed by atoms with van der Waals surface area (Å²) in [6, 6.07) is 11.8. The van der Waals surface area contributed by atoms with Gasteiger partial charge in [0.2, 0.25) is 11.8 Å². The van der Waals surface area contributed by atoms with Gasteiger partial charge in [0, 0.05) is 37.5 Å². The van der Waals surface area contributed by atoms with Crippen LogP contribution < -0.4 is 15.5 Å². The minimum atomic E-state index is -0.527. The fourth-order valence-corrected chi connectivity index (χ4v) is 2.88. The number of benzene rings is 1. The van der Waals surface area contributed by atoms with Gasteiger partial charge in [-0.1, -0.05) is 6.07 Å². The number of nitrogens with zero attached hydrogens (tertiary/aromatic N) is 2. The smallest absolute Gasteiger partial charge is 0.251 e. The quantitative estimate of drug-likeness (QED) is 0.769. The van der Waals surface area contributed by atoms with Crippen molar-refractivity contribution in [3.05, 3.63) is 54.4 Å². The van der Waals surface area contributed by atoms with Crippen molar-refractivity contribution >= 4 is 29.1 Å². The zero-order chi connectivity index (χ0) is 18.5. The van der Waals surface area contributed by atoms with Crippen LogP contribution in [-0.4, -0.2) is 35.3 Å². The van der Waals surface area contributed by atoms with E-state index < -0.39 is 6.04 Å². The minimum Gasteiger partial charge on any atom is -0.326 e. The van der Waals surface area contributed by atoms with Gasteiger partial charge >= 0.3 is 0 Å². The van der Waals surface area contributed by atoms with Gasteiger partial charge in [-0.15, -0.1) is 0 Å². The molecule has 26 heavy (non-hydrogen) atoms. The average Bonchev–Trinajstić information content (AvgIpc) is 2.90. The van der Waals surface area contributed by atoms with Gasteiger partial charge in [-0.2, -0.15) is 0 Å². The Morgan fingerprint density at radius 1 is 1.19 bits per heavy atom. The molecular formula is C19H20N4O3. The molecule has 2 N–H and O–H groups in total. The summed E-state index contributed by atoms with van der Waals surface area (Å²) in [5.74, 6) is -0.677. The first-order valence-corrected chi connectivity index (χ1v) is 8.42. The van der Waals surface area contributed by atoms with E-state index in [2.05, 4.69) is 15.6 Å². The highest BCUT2D eigenvalue weighted by molar-refractivity contribution is 6.22. The molecule has 2 aromatic rings. The molecule has 0 radical (unpaired) electrons. The van der Waals surface area contributed by atoms with Crippen molar-refractivity contribution in [3.63, 3.8) is 0 Å². The van der Waals surface area contributed by atoms with Gasteiger partial charge in [0.1, 0.15) is 0 Å². The predicted octanol–water partition coefficient (Wildman–Crippen LogP) is 1.50. The molecule has 0 bridgehead atoms. The van der Waals surface area contributed by atoms with E-state index in [1.807, 2.05) is 18.2 Å². The topological polar surface area (TPSA) is 91.4 Å². The normalized spacial score (nSPS) is 16.8. The number of anilines is 2. The summed E-state index contributed by atoms with van der Waals surface area (Å²) in [5.41, 5.74) is 2.05. The molecule has 0 spiro atoms. The molecule has 0 saturated carbocycles. The highest BCUT2D eigenvalue weighted by Gasteiger charge is 2.39. The number of pyridine rings is 1. The Morgan fingerprint density at radius 3 is 2.62 bits per heavy atom. The number of rotatable bonds is 6. The van der Waals surface area contributed by atoms with E-state index in [4.69, 9.17) is 0 Å². The number of nitrogens with one attached hydrogen (secondary N) is 2. The van der Waals surface area contributed by atoms with Crippen LogP contribution in [0.15, 0.2) is 48.7 Å². The number of hydrogen-bond donors (Lipinski definition) is 2. The van der Waals surface area contributed by atoms with Crippen LogP contribution in [0.3, 0.4) is 0 Å². The number of carbonyl (C=O) groups excluding carboxylic acids is 3. The molecule has 3 amide bonds. The summed E-state index contributed by atoms with van der Waals surface area (Å²) < 4.78 is 0. The molecule has 134 valence electrons. The summed E-state index contributed by atoms with van der Waals surface area (Å²) in [4.78, 5) is 41.3. The number of hydrogen-bond acceptors (Lipinski definition) is 5. The fraction of sp³-hybridized carbons (Fsp3) is 0.263. The Labute approximate surface area is 151 Å². The summed E-state index contributed by atoms with van der Waals surface area (Å²) in [6.07, 6.45) is 2.55. The van der Waals surface area contributed by atoms with E-state index in [1.54, 1.807) is 30.5 Å². The molecular weight excluding hydrogens is 332 g/mol. The van der Waals surface area contributed by atoms with Gasteiger partial charge in [0.15, 0.2) is 0 Å². The van der Waals surface area contributed by atoms with Crippen LogP contribution >= 0.6 is 0 Å². The Bertz CT molecular complexity index is 805. The van der Waals surface area contributed by atoms with Gasteiger partial charge in [-0.25, -0.2) is 4.90 Å². The highest BCUT2D eigenvalue weighted by atomic mass is 16.2. The van der Waals surface area contributed by atoms with E-state index in [-0.39, 0.29) is 24.1 Å². The molecule has 2 heterocycles. The maximum atomic E-state index is 12.6. The highest BCUT2D eigenvalue weighted by Crippen LogP contribution is 2.24. The Morgan fingerprint density at radius 2 is 1.96 bits per heavy atom. The van der Waals surface area contributed by atoms with E-state index in [0.717, 1.165) is 5.69 Å². The Hall–Kier alpha value is -3.06. The molecule has 1 aromatic heterocycles. The van der Waals surface area contributed by atoms with E-state index >= 15 is 0 Å². The van der Waals surface area contributed by atoms with Crippen LogP contribution in [0.25, 0.3) is 0 Å². The van der Waals surface area contributed by atoms with Crippen molar-refractivity contribution in [3.8, 4) is 0 Å². The second kappa shape index (κ2) is 7.88. The average molecular weight is 352 g/mol. The first-order valence-electron chi connectivity index (χ1n) is 8.42. The van der Waals surface area contributed by atoms with Crippen LogP contribution in [-0.2, 0) is 20.8 Å². The number of carbonyl (C=O) groups is 3. The van der Waals surface area contributed by atoms with Crippen molar-refractivity contribution in [2.45, 2.75) is 25.8 Å². The van der Waals surface area contributed by atoms with Crippen molar-refractivity contribution in [2.24, 2.45) is 0 Å². The minimum absolute atomic E-state index is 0.133.